The van der Waals surface area contributed by atoms with Gasteiger partial charge in [0.2, 0.25) is 0 Å². The van der Waals surface area contributed by atoms with Gasteiger partial charge in [0, 0.05) is 19.3 Å². The highest BCUT2D eigenvalue weighted by atomic mass is 16.6. The Morgan fingerprint density at radius 1 is 1.36 bits per heavy atom. The minimum atomic E-state index is -0.505. The molecule has 0 unspecified atom stereocenters. The van der Waals surface area contributed by atoms with Crippen LogP contribution in [-0.4, -0.2) is 29.9 Å². The van der Waals surface area contributed by atoms with Crippen molar-refractivity contribution in [1.29, 1.82) is 0 Å². The van der Waals surface area contributed by atoms with Gasteiger partial charge in [-0.05, 0) is 31.3 Å². The second-order valence-corrected chi connectivity index (χ2v) is 6.51. The van der Waals surface area contributed by atoms with Crippen LogP contribution in [0.4, 0.5) is 0 Å². The predicted molar refractivity (Wildman–Crippen MR) is 79.9 cm³/mol. The summed E-state index contributed by atoms with van der Waals surface area (Å²) in [6.45, 7) is 6.78. The van der Waals surface area contributed by atoms with E-state index < -0.39 is 6.10 Å². The normalized spacial score (nSPS) is 32.4. The van der Waals surface area contributed by atoms with Crippen molar-refractivity contribution in [2.24, 2.45) is 17.8 Å². The first-order valence-corrected chi connectivity index (χ1v) is 7.86. The fourth-order valence-electron chi connectivity index (χ4n) is 3.52. The molecule has 0 N–H and O–H groups in total. The van der Waals surface area contributed by atoms with E-state index in [1.54, 1.807) is 0 Å². The minimum absolute atomic E-state index is 0.0106. The minimum Gasteiger partial charge on any atom is -0.462 e. The number of carbonyl (C=O) groups excluding carboxylic acids is 3. The molecule has 2 aliphatic rings. The molecule has 0 aromatic heterocycles. The summed E-state index contributed by atoms with van der Waals surface area (Å²) in [6, 6.07) is 0. The molecule has 2 rings (SSSR count). The van der Waals surface area contributed by atoms with Crippen LogP contribution in [0.2, 0.25) is 0 Å². The lowest BCUT2D eigenvalue weighted by Crippen LogP contribution is -2.26. The fraction of sp³-hybridized carbons (Fsp3) is 0.706. The molecule has 5 atom stereocenters. The molecule has 0 spiro atoms. The molecule has 5 nitrogen and oxygen atoms in total. The number of Topliss-reactive ketones (excluding diaryl/α,β-unsaturated/α-hetero) is 1. The Balaban J connectivity index is 2.21. The summed E-state index contributed by atoms with van der Waals surface area (Å²) in [4.78, 5) is 34.5. The van der Waals surface area contributed by atoms with Gasteiger partial charge in [0.15, 0.2) is 0 Å². The zero-order chi connectivity index (χ0) is 16.4. The van der Waals surface area contributed by atoms with Crippen LogP contribution in [0.1, 0.15) is 47.0 Å². The smallest absolute Gasteiger partial charge is 0.309 e. The first-order chi connectivity index (χ1) is 10.3. The Morgan fingerprint density at radius 2 is 2.05 bits per heavy atom. The van der Waals surface area contributed by atoms with Crippen molar-refractivity contribution in [3.05, 3.63) is 11.6 Å². The molecule has 0 aromatic rings. The van der Waals surface area contributed by atoms with Gasteiger partial charge in [-0.1, -0.05) is 19.9 Å². The van der Waals surface area contributed by atoms with Crippen molar-refractivity contribution in [2.75, 3.05) is 0 Å². The fourth-order valence-corrected chi connectivity index (χ4v) is 3.52. The van der Waals surface area contributed by atoms with Gasteiger partial charge in [0.25, 0.3) is 0 Å². The number of ether oxygens (including phenoxy) is 2. The summed E-state index contributed by atoms with van der Waals surface area (Å²) in [5, 5.41) is 0. The van der Waals surface area contributed by atoms with Crippen LogP contribution >= 0.6 is 0 Å². The molecule has 0 amide bonds. The van der Waals surface area contributed by atoms with Crippen molar-refractivity contribution in [3.63, 3.8) is 0 Å². The van der Waals surface area contributed by atoms with E-state index in [0.29, 0.717) is 12.8 Å². The molecular weight excluding hydrogens is 284 g/mol. The molecule has 1 aliphatic heterocycles. The van der Waals surface area contributed by atoms with E-state index in [-0.39, 0.29) is 48.0 Å². The maximum Gasteiger partial charge on any atom is 0.309 e. The first-order valence-electron chi connectivity index (χ1n) is 7.86. The SMILES string of the molecule is CC(=O)C[C@@H](OC(C)=O)C1=CC[C@H]2[C@H](C)C(=O)O[C@@H]2C[C@H]1C. The average Bonchev–Trinajstić information content (AvgIpc) is 2.56. The van der Waals surface area contributed by atoms with Gasteiger partial charge >= 0.3 is 11.9 Å². The van der Waals surface area contributed by atoms with Crippen LogP contribution < -0.4 is 0 Å². The molecule has 1 saturated heterocycles. The highest BCUT2D eigenvalue weighted by Gasteiger charge is 2.44. The van der Waals surface area contributed by atoms with E-state index in [1.807, 2.05) is 19.9 Å². The number of hydrogen-bond donors (Lipinski definition) is 0. The van der Waals surface area contributed by atoms with Crippen LogP contribution in [0.3, 0.4) is 0 Å². The standard InChI is InChI=1S/C17H24O5/c1-9-7-15-14(11(3)17(20)22-15)6-5-13(9)16(8-10(2)18)21-12(4)19/h5,9,11,14-16H,6-8H2,1-4H3/t9-,11+,14+,15-,16-/m1/s1. The molecule has 0 aromatic carbocycles. The summed E-state index contributed by atoms with van der Waals surface area (Å²) in [7, 11) is 0. The van der Waals surface area contributed by atoms with Crippen LogP contribution in [0.5, 0.6) is 0 Å². The maximum absolute atomic E-state index is 11.7. The Hall–Kier alpha value is -1.65. The Kier molecular flexibility index (Phi) is 5.04. The number of carbonyl (C=O) groups is 3. The number of ketones is 1. The Bertz CT molecular complexity index is 491. The molecule has 0 saturated carbocycles. The summed E-state index contributed by atoms with van der Waals surface area (Å²) in [6.07, 6.45) is 3.08. The number of allylic oxidation sites excluding steroid dienone is 1. The van der Waals surface area contributed by atoms with E-state index in [0.717, 1.165) is 5.57 Å². The number of rotatable bonds is 4. The van der Waals surface area contributed by atoms with Gasteiger partial charge in [0.05, 0.1) is 5.92 Å². The van der Waals surface area contributed by atoms with Crippen LogP contribution in [0.15, 0.2) is 11.6 Å². The molecule has 22 heavy (non-hydrogen) atoms. The topological polar surface area (TPSA) is 69.7 Å². The van der Waals surface area contributed by atoms with Crippen molar-refractivity contribution >= 4 is 17.7 Å². The van der Waals surface area contributed by atoms with Crippen molar-refractivity contribution < 1.29 is 23.9 Å². The van der Waals surface area contributed by atoms with E-state index in [4.69, 9.17) is 9.47 Å². The number of esters is 2. The quantitative estimate of drug-likeness (QED) is 0.589. The lowest BCUT2D eigenvalue weighted by Gasteiger charge is -2.24. The number of fused-ring (bicyclic) bond motifs is 1. The third-order valence-electron chi connectivity index (χ3n) is 4.69. The van der Waals surface area contributed by atoms with Crippen molar-refractivity contribution in [3.8, 4) is 0 Å². The van der Waals surface area contributed by atoms with E-state index >= 15 is 0 Å². The van der Waals surface area contributed by atoms with Gasteiger partial charge in [-0.2, -0.15) is 0 Å². The van der Waals surface area contributed by atoms with E-state index in [1.165, 1.54) is 13.8 Å². The summed E-state index contributed by atoms with van der Waals surface area (Å²) in [5.41, 5.74) is 0.975. The highest BCUT2D eigenvalue weighted by Crippen LogP contribution is 2.40. The zero-order valence-corrected chi connectivity index (χ0v) is 13.6. The van der Waals surface area contributed by atoms with Gasteiger partial charge < -0.3 is 9.47 Å². The van der Waals surface area contributed by atoms with Gasteiger partial charge in [-0.25, -0.2) is 0 Å². The summed E-state index contributed by atoms with van der Waals surface area (Å²) >= 11 is 0. The summed E-state index contributed by atoms with van der Waals surface area (Å²) in [5.74, 6) is -0.348. The highest BCUT2D eigenvalue weighted by molar-refractivity contribution is 5.77. The number of hydrogen-bond acceptors (Lipinski definition) is 5. The lowest BCUT2D eigenvalue weighted by atomic mass is 9.87. The van der Waals surface area contributed by atoms with Gasteiger partial charge in [0.1, 0.15) is 18.0 Å². The molecule has 0 radical (unpaired) electrons. The molecule has 1 heterocycles. The van der Waals surface area contributed by atoms with Gasteiger partial charge in [-0.15, -0.1) is 0 Å². The molecular formula is C17H24O5. The average molecular weight is 308 g/mol. The molecule has 1 fully saturated rings. The zero-order valence-electron chi connectivity index (χ0n) is 13.6. The molecule has 5 heteroatoms. The van der Waals surface area contributed by atoms with Crippen LogP contribution in [0, 0.1) is 17.8 Å². The second-order valence-electron chi connectivity index (χ2n) is 6.51. The first kappa shape index (κ1) is 16.7. The van der Waals surface area contributed by atoms with Crippen LogP contribution in [-0.2, 0) is 23.9 Å². The maximum atomic E-state index is 11.7. The molecule has 122 valence electrons. The predicted octanol–water partition coefficient (Wildman–Crippen LogP) is 2.43. The monoisotopic (exact) mass is 308 g/mol. The van der Waals surface area contributed by atoms with Gasteiger partial charge in [-0.3, -0.25) is 14.4 Å². The Morgan fingerprint density at radius 3 is 2.64 bits per heavy atom. The Labute approximate surface area is 131 Å². The molecule has 0 bridgehead atoms. The second kappa shape index (κ2) is 6.63. The van der Waals surface area contributed by atoms with E-state index in [2.05, 4.69) is 0 Å². The largest absolute Gasteiger partial charge is 0.462 e. The van der Waals surface area contributed by atoms with Crippen molar-refractivity contribution in [1.82, 2.24) is 0 Å². The summed E-state index contributed by atoms with van der Waals surface area (Å²) < 4.78 is 10.8. The molecule has 1 aliphatic carbocycles. The third-order valence-corrected chi connectivity index (χ3v) is 4.69. The van der Waals surface area contributed by atoms with Crippen molar-refractivity contribution in [2.45, 2.75) is 59.2 Å². The lowest BCUT2D eigenvalue weighted by molar-refractivity contribution is -0.145. The third kappa shape index (κ3) is 3.57. The van der Waals surface area contributed by atoms with E-state index in [9.17, 15) is 14.4 Å². The van der Waals surface area contributed by atoms with Crippen LogP contribution in [0.25, 0.3) is 0 Å².